The first-order valence-corrected chi connectivity index (χ1v) is 31.3. The number of thiophene rings is 4. The molecule has 0 fully saturated rings. The number of aromatic nitrogens is 2. The third-order valence-corrected chi connectivity index (χ3v) is 20.1. The van der Waals surface area contributed by atoms with Crippen LogP contribution in [0.15, 0.2) is 35.0 Å². The van der Waals surface area contributed by atoms with Crippen LogP contribution in [-0.4, -0.2) is 9.97 Å². The molecule has 6 aromatic rings. The summed E-state index contributed by atoms with van der Waals surface area (Å²) < 4.78 is 0. The van der Waals surface area contributed by atoms with Crippen molar-refractivity contribution < 1.29 is 0 Å². The second-order valence-electron chi connectivity index (χ2n) is 18.6. The molecule has 6 heterocycles. The van der Waals surface area contributed by atoms with Gasteiger partial charge in [0.25, 0.3) is 0 Å². The van der Waals surface area contributed by atoms with Crippen LogP contribution in [0.2, 0.25) is 0 Å². The molecule has 64 heavy (non-hydrogen) atoms. The average molecular weight is 976 g/mol. The Morgan fingerprint density at radius 1 is 0.328 bits per heavy atom. The summed E-state index contributed by atoms with van der Waals surface area (Å²) in [6.07, 6.45) is 42.7. The van der Waals surface area contributed by atoms with Gasteiger partial charge in [-0.25, -0.2) is 9.97 Å². The van der Waals surface area contributed by atoms with Crippen molar-refractivity contribution in [2.24, 2.45) is 0 Å². The Bertz CT molecular complexity index is 2100. The maximum Gasteiger partial charge on any atom is 0.155 e. The lowest BCUT2D eigenvalue weighted by Gasteiger charge is -2.06. The lowest BCUT2D eigenvalue weighted by atomic mass is 10.0. The summed E-state index contributed by atoms with van der Waals surface area (Å²) in [7, 11) is 0. The van der Waals surface area contributed by atoms with Gasteiger partial charge in [-0.3, -0.25) is 0 Å². The van der Waals surface area contributed by atoms with Crippen LogP contribution in [0.5, 0.6) is 0 Å². The van der Waals surface area contributed by atoms with Crippen LogP contribution in [0.25, 0.3) is 48.9 Å². The van der Waals surface area contributed by atoms with E-state index in [-0.39, 0.29) is 0 Å². The Hall–Kier alpha value is -1.68. The predicted molar refractivity (Wildman–Crippen MR) is 295 cm³/mol. The van der Waals surface area contributed by atoms with Gasteiger partial charge in [0, 0.05) is 19.5 Å². The molecule has 0 aliphatic rings. The molecule has 0 aliphatic heterocycles. The van der Waals surface area contributed by atoms with E-state index in [9.17, 15) is 0 Å². The van der Waals surface area contributed by atoms with Gasteiger partial charge >= 0.3 is 0 Å². The van der Waals surface area contributed by atoms with E-state index in [0.29, 0.717) is 0 Å². The van der Waals surface area contributed by atoms with E-state index in [1.165, 1.54) is 240 Å². The molecule has 352 valence electrons. The van der Waals surface area contributed by atoms with Crippen molar-refractivity contribution in [3.05, 3.63) is 57.3 Å². The van der Waals surface area contributed by atoms with Crippen molar-refractivity contribution in [3.63, 3.8) is 0 Å². The monoisotopic (exact) mass is 974 g/mol. The Labute approximate surface area is 414 Å². The first-order valence-electron chi connectivity index (χ1n) is 26.3. The van der Waals surface area contributed by atoms with Gasteiger partial charge in [-0.15, -0.1) is 45.3 Å². The Morgan fingerprint density at radius 3 is 1.11 bits per heavy atom. The summed E-state index contributed by atoms with van der Waals surface area (Å²) in [5, 5.41) is 6.98. The third-order valence-electron chi connectivity index (χ3n) is 13.1. The van der Waals surface area contributed by atoms with E-state index >= 15 is 0 Å². The average Bonchev–Trinajstić information content (AvgIpc) is 4.17. The van der Waals surface area contributed by atoms with Crippen molar-refractivity contribution >= 4 is 77.7 Å². The molecule has 0 bridgehead atoms. The third kappa shape index (κ3) is 16.2. The first kappa shape index (κ1) is 51.7. The molecule has 0 atom stereocenters. The van der Waals surface area contributed by atoms with Crippen LogP contribution in [0.4, 0.5) is 0 Å². The normalized spacial score (nSPS) is 11.9. The molecular weight excluding hydrogens is 893 g/mol. The van der Waals surface area contributed by atoms with E-state index in [2.05, 4.69) is 74.1 Å². The second-order valence-corrected chi connectivity index (χ2v) is 24.5. The number of nitrogens with zero attached hydrogens (tertiary/aromatic N) is 2. The van der Waals surface area contributed by atoms with Gasteiger partial charge in [0.05, 0.1) is 9.75 Å². The second kappa shape index (κ2) is 29.9. The minimum Gasteiger partial charge on any atom is -0.222 e. The molecule has 0 unspecified atom stereocenters. The van der Waals surface area contributed by atoms with Crippen LogP contribution in [0.1, 0.15) is 230 Å². The fourth-order valence-electron chi connectivity index (χ4n) is 9.22. The Morgan fingerprint density at radius 2 is 0.656 bits per heavy atom. The van der Waals surface area contributed by atoms with Crippen LogP contribution in [0.3, 0.4) is 0 Å². The molecule has 0 radical (unpaired) electrons. The molecule has 6 rings (SSSR count). The summed E-state index contributed by atoms with van der Waals surface area (Å²) in [4.78, 5) is 21.7. The summed E-state index contributed by atoms with van der Waals surface area (Å²) in [6, 6.07) is 9.94. The first-order chi connectivity index (χ1) is 31.6. The zero-order valence-corrected chi connectivity index (χ0v) is 45.3. The number of hydrogen-bond acceptors (Lipinski definition) is 8. The van der Waals surface area contributed by atoms with Crippen LogP contribution in [-0.2, 0) is 25.7 Å². The maximum absolute atomic E-state index is 5.41. The molecule has 8 heteroatoms. The van der Waals surface area contributed by atoms with Crippen LogP contribution in [0, 0.1) is 0 Å². The maximum atomic E-state index is 5.41. The van der Waals surface area contributed by atoms with Crippen LogP contribution < -0.4 is 0 Å². The molecule has 0 N–H and O–H groups in total. The van der Waals surface area contributed by atoms with Crippen molar-refractivity contribution in [1.82, 2.24) is 9.97 Å². The highest BCUT2D eigenvalue weighted by molar-refractivity contribution is 7.32. The Balaban J connectivity index is 1.18. The zero-order valence-electron chi connectivity index (χ0n) is 40.4. The van der Waals surface area contributed by atoms with Crippen molar-refractivity contribution in [2.45, 2.75) is 233 Å². The summed E-state index contributed by atoms with van der Waals surface area (Å²) in [6.45, 7) is 9.26. The van der Waals surface area contributed by atoms with E-state index in [1.54, 1.807) is 20.9 Å². The largest absolute Gasteiger partial charge is 0.222 e. The van der Waals surface area contributed by atoms with Gasteiger partial charge in [0.2, 0.25) is 0 Å². The van der Waals surface area contributed by atoms with Gasteiger partial charge in [0.15, 0.2) is 9.66 Å². The van der Waals surface area contributed by atoms with Crippen molar-refractivity contribution in [1.29, 1.82) is 0 Å². The van der Waals surface area contributed by atoms with Gasteiger partial charge in [-0.2, -0.15) is 0 Å². The predicted octanol–water partition coefficient (Wildman–Crippen LogP) is 21.8. The van der Waals surface area contributed by atoms with Crippen molar-refractivity contribution in [2.75, 3.05) is 0 Å². The molecule has 0 spiro atoms. The van der Waals surface area contributed by atoms with Gasteiger partial charge in [-0.05, 0) is 109 Å². The quantitative estimate of drug-likeness (QED) is 0.0367. The topological polar surface area (TPSA) is 25.8 Å². The van der Waals surface area contributed by atoms with Gasteiger partial charge in [0.1, 0.15) is 10.0 Å². The molecule has 0 amide bonds. The van der Waals surface area contributed by atoms with E-state index in [0.717, 1.165) is 16.1 Å². The van der Waals surface area contributed by atoms with E-state index in [1.807, 2.05) is 56.7 Å². The highest BCUT2D eigenvalue weighted by Crippen LogP contribution is 2.49. The highest BCUT2D eigenvalue weighted by atomic mass is 32.1. The molecule has 2 nitrogen and oxygen atoms in total. The molecule has 6 aromatic heterocycles. The van der Waals surface area contributed by atoms with Gasteiger partial charge < -0.3 is 0 Å². The molecule has 0 aliphatic carbocycles. The summed E-state index contributed by atoms with van der Waals surface area (Å²) in [5.41, 5.74) is 6.14. The van der Waals surface area contributed by atoms with Gasteiger partial charge in [-0.1, -0.05) is 204 Å². The number of thiazole rings is 2. The molecule has 0 saturated carbocycles. The number of unbranched alkanes of at least 4 members (excludes halogenated alkanes) is 24. The lowest BCUT2D eigenvalue weighted by Crippen LogP contribution is -1.89. The fourth-order valence-corrected chi connectivity index (χ4v) is 16.1. The van der Waals surface area contributed by atoms with E-state index in [4.69, 9.17) is 9.97 Å². The Kier molecular flexibility index (Phi) is 24.2. The number of aryl methyl sites for hydroxylation is 4. The smallest absolute Gasteiger partial charge is 0.155 e. The zero-order chi connectivity index (χ0) is 44.6. The van der Waals surface area contributed by atoms with Crippen molar-refractivity contribution in [3.8, 4) is 39.3 Å². The summed E-state index contributed by atoms with van der Waals surface area (Å²) in [5.74, 6) is 0. The van der Waals surface area contributed by atoms with Crippen LogP contribution >= 0.6 is 68.0 Å². The molecule has 0 aromatic carbocycles. The minimum absolute atomic E-state index is 1.12. The number of fused-ring (bicyclic) bond motifs is 1. The van der Waals surface area contributed by atoms with E-state index < -0.39 is 0 Å². The standard InChI is InChI=1S/C56H82N2S6/c1-5-9-13-17-19-21-23-25-27-31-34-44-38-40-60-51(44)53-57-55-56(63-53)58-54(64-55)52-46(36-32-28-26-24-22-20-18-14-10-6-2)42-48(62-52)47-41-45(35-30-16-12-8-4)50(61-47)49-43(37-39-59-49)33-29-15-11-7-3/h37-42H,5-36H2,1-4H3. The highest BCUT2D eigenvalue weighted by Gasteiger charge is 2.23. The fraction of sp³-hybridized carbons (Fsp3) is 0.643. The SMILES string of the molecule is CCCCCCCCCCCCc1ccsc1-c1nc2sc(-c3sc(-c4cc(CCCCCC)c(-c5sccc5CCCCCC)s4)cc3CCCCCCCCCCCC)nc2s1. The minimum atomic E-state index is 1.12. The molecular formula is C56H82N2S6. The summed E-state index contributed by atoms with van der Waals surface area (Å²) >= 11 is 11.6. The number of rotatable bonds is 36. The molecule has 0 saturated heterocycles. The number of hydrogen-bond donors (Lipinski definition) is 0. The lowest BCUT2D eigenvalue weighted by molar-refractivity contribution is 0.556.